The molecule has 1 fully saturated rings. The van der Waals surface area contributed by atoms with E-state index in [0.29, 0.717) is 17.6 Å². The van der Waals surface area contributed by atoms with Crippen molar-refractivity contribution in [2.45, 2.75) is 45.8 Å². The Morgan fingerprint density at radius 3 is 2.88 bits per heavy atom. The first-order chi connectivity index (χ1) is 8.19. The van der Waals surface area contributed by atoms with E-state index < -0.39 is 0 Å². The molecule has 0 aromatic heterocycles. The van der Waals surface area contributed by atoms with E-state index in [1.807, 2.05) is 17.8 Å². The molecule has 0 bridgehead atoms. The molecule has 1 aliphatic rings. The summed E-state index contributed by atoms with van der Waals surface area (Å²) in [6.45, 7) is 12.4. The average Bonchev–Trinajstić information content (AvgIpc) is 2.35. The lowest BCUT2D eigenvalue weighted by molar-refractivity contribution is -0.125. The van der Waals surface area contributed by atoms with E-state index in [9.17, 15) is 0 Å². The molecule has 1 N–H and O–H groups in total. The second-order valence-electron chi connectivity index (χ2n) is 4.91. The Balaban J connectivity index is 2.23. The van der Waals surface area contributed by atoms with Crippen LogP contribution in [-0.2, 0) is 4.74 Å². The Hall–Kier alpha value is 0.01000. The number of nitrogens with one attached hydrogen (secondary N) is 1. The van der Waals surface area contributed by atoms with Gasteiger partial charge in [-0.25, -0.2) is 0 Å². The minimum Gasteiger partial charge on any atom is -0.378 e. The number of ether oxygens (including phenoxy) is 1. The van der Waals surface area contributed by atoms with E-state index in [0.717, 1.165) is 18.9 Å². The maximum Gasteiger partial charge on any atom is 0.0658 e. The zero-order valence-corrected chi connectivity index (χ0v) is 12.3. The first-order valence-electron chi connectivity index (χ1n) is 6.72. The van der Waals surface area contributed by atoms with E-state index >= 15 is 0 Å². The molecule has 2 nitrogen and oxygen atoms in total. The molecule has 100 valence electrons. The van der Waals surface area contributed by atoms with Crippen LogP contribution in [0.5, 0.6) is 0 Å². The lowest BCUT2D eigenvalue weighted by atomic mass is 9.61. The maximum absolute atomic E-state index is 5.80. The lowest BCUT2D eigenvalue weighted by Gasteiger charge is -2.53. The number of hydrogen-bond donors (Lipinski definition) is 1. The third-order valence-corrected chi connectivity index (χ3v) is 4.95. The summed E-state index contributed by atoms with van der Waals surface area (Å²) in [4.78, 5) is 0. The van der Waals surface area contributed by atoms with Gasteiger partial charge in [0.05, 0.1) is 6.10 Å². The number of rotatable bonds is 9. The van der Waals surface area contributed by atoms with Crippen LogP contribution >= 0.6 is 11.8 Å². The molecule has 1 rings (SSSR count). The molecule has 17 heavy (non-hydrogen) atoms. The van der Waals surface area contributed by atoms with Gasteiger partial charge in [-0.05, 0) is 19.8 Å². The molecule has 0 amide bonds. The van der Waals surface area contributed by atoms with Gasteiger partial charge in [0.15, 0.2) is 0 Å². The van der Waals surface area contributed by atoms with E-state index in [-0.39, 0.29) is 0 Å². The third kappa shape index (κ3) is 3.73. The highest BCUT2D eigenvalue weighted by Crippen LogP contribution is 2.45. The Morgan fingerprint density at radius 1 is 1.53 bits per heavy atom. The fraction of sp³-hybridized carbons (Fsp3) is 0.857. The molecule has 1 aliphatic carbocycles. The van der Waals surface area contributed by atoms with Crippen molar-refractivity contribution in [1.29, 1.82) is 0 Å². The fourth-order valence-corrected chi connectivity index (χ4v) is 3.13. The van der Waals surface area contributed by atoms with Gasteiger partial charge in [-0.3, -0.25) is 0 Å². The summed E-state index contributed by atoms with van der Waals surface area (Å²) in [6, 6.07) is 0.633. The normalized spacial score (nSPS) is 32.2. The van der Waals surface area contributed by atoms with Crippen molar-refractivity contribution in [3.05, 3.63) is 12.7 Å². The van der Waals surface area contributed by atoms with Crippen molar-refractivity contribution in [2.24, 2.45) is 5.41 Å². The number of thioether (sulfide) groups is 1. The third-order valence-electron chi connectivity index (χ3n) is 3.98. The molecule has 0 spiro atoms. The topological polar surface area (TPSA) is 21.3 Å². The van der Waals surface area contributed by atoms with Gasteiger partial charge >= 0.3 is 0 Å². The summed E-state index contributed by atoms with van der Waals surface area (Å²) in [5, 5.41) is 3.67. The van der Waals surface area contributed by atoms with E-state index in [1.165, 1.54) is 18.6 Å². The van der Waals surface area contributed by atoms with Crippen LogP contribution in [0.3, 0.4) is 0 Å². The lowest BCUT2D eigenvalue weighted by Crippen LogP contribution is -2.62. The van der Waals surface area contributed by atoms with Crippen LogP contribution in [0.1, 0.15) is 33.6 Å². The van der Waals surface area contributed by atoms with Crippen LogP contribution in [0.2, 0.25) is 0 Å². The van der Waals surface area contributed by atoms with Crippen LogP contribution in [-0.4, -0.2) is 36.8 Å². The molecule has 0 heterocycles. The van der Waals surface area contributed by atoms with Crippen molar-refractivity contribution in [3.63, 3.8) is 0 Å². The average molecular weight is 257 g/mol. The van der Waals surface area contributed by atoms with Crippen LogP contribution in [0.4, 0.5) is 0 Å². The minimum absolute atomic E-state index is 0.332. The monoisotopic (exact) mass is 257 g/mol. The highest BCUT2D eigenvalue weighted by molar-refractivity contribution is 7.99. The summed E-state index contributed by atoms with van der Waals surface area (Å²) < 4.78 is 5.80. The molecule has 0 aromatic rings. The Morgan fingerprint density at radius 2 is 2.29 bits per heavy atom. The molecule has 0 aromatic carbocycles. The first-order valence-corrected chi connectivity index (χ1v) is 7.88. The largest absolute Gasteiger partial charge is 0.378 e. The van der Waals surface area contributed by atoms with E-state index in [1.54, 1.807) is 0 Å². The fourth-order valence-electron chi connectivity index (χ4n) is 2.54. The smallest absolute Gasteiger partial charge is 0.0658 e. The predicted octanol–water partition coefficient (Wildman–Crippen LogP) is 3.09. The van der Waals surface area contributed by atoms with Gasteiger partial charge in [-0.2, -0.15) is 11.8 Å². The highest BCUT2D eigenvalue weighted by Gasteiger charge is 2.50. The molecule has 3 heteroatoms. The van der Waals surface area contributed by atoms with Crippen LogP contribution in [0.25, 0.3) is 0 Å². The molecular formula is C14H27NOS. The SMILES string of the molecule is C=CCSCCNC1CC(OCC)C1(C)CC. The summed E-state index contributed by atoms with van der Waals surface area (Å²) in [5.41, 5.74) is 0.332. The number of hydrogen-bond acceptors (Lipinski definition) is 3. The molecule has 0 saturated heterocycles. The summed E-state index contributed by atoms with van der Waals surface area (Å²) in [6.07, 6.45) is 4.78. The maximum atomic E-state index is 5.80. The molecule has 1 saturated carbocycles. The summed E-state index contributed by atoms with van der Waals surface area (Å²) >= 11 is 1.94. The minimum atomic E-state index is 0.332. The zero-order chi connectivity index (χ0) is 12.7. The summed E-state index contributed by atoms with van der Waals surface area (Å²) in [5.74, 6) is 2.22. The molecular weight excluding hydrogens is 230 g/mol. The van der Waals surface area contributed by atoms with Crippen molar-refractivity contribution in [1.82, 2.24) is 5.32 Å². The van der Waals surface area contributed by atoms with Crippen molar-refractivity contribution >= 4 is 11.8 Å². The predicted molar refractivity (Wildman–Crippen MR) is 77.7 cm³/mol. The van der Waals surface area contributed by atoms with Gasteiger partial charge < -0.3 is 10.1 Å². The van der Waals surface area contributed by atoms with Crippen LogP contribution < -0.4 is 5.32 Å². The standard InChI is InChI=1S/C14H27NOS/c1-5-9-17-10-8-15-12-11-13(16-7-3)14(12,4)6-2/h5,12-13,15H,1,6-11H2,2-4H3. The second kappa shape index (κ2) is 7.45. The molecule has 3 unspecified atom stereocenters. The Kier molecular flexibility index (Phi) is 6.60. The van der Waals surface area contributed by atoms with Crippen molar-refractivity contribution in [3.8, 4) is 0 Å². The zero-order valence-electron chi connectivity index (χ0n) is 11.5. The van der Waals surface area contributed by atoms with E-state index in [4.69, 9.17) is 4.74 Å². The van der Waals surface area contributed by atoms with E-state index in [2.05, 4.69) is 32.7 Å². The van der Waals surface area contributed by atoms with Crippen molar-refractivity contribution < 1.29 is 4.74 Å². The van der Waals surface area contributed by atoms with Crippen molar-refractivity contribution in [2.75, 3.05) is 24.7 Å². The van der Waals surface area contributed by atoms with Gasteiger partial charge in [-0.1, -0.05) is 19.9 Å². The Bertz CT molecular complexity index is 234. The first kappa shape index (κ1) is 15.1. The molecule has 0 aliphatic heterocycles. The summed E-state index contributed by atoms with van der Waals surface area (Å²) in [7, 11) is 0. The van der Waals surface area contributed by atoms with Gasteiger partial charge in [0.25, 0.3) is 0 Å². The second-order valence-corrected chi connectivity index (χ2v) is 6.06. The van der Waals surface area contributed by atoms with Gasteiger partial charge in [0.1, 0.15) is 0 Å². The highest BCUT2D eigenvalue weighted by atomic mass is 32.2. The van der Waals surface area contributed by atoms with Crippen LogP contribution in [0, 0.1) is 5.41 Å². The Labute approximate surface area is 111 Å². The quantitative estimate of drug-likeness (QED) is 0.506. The molecule has 0 radical (unpaired) electrons. The van der Waals surface area contributed by atoms with Gasteiger partial charge in [0.2, 0.25) is 0 Å². The van der Waals surface area contributed by atoms with Gasteiger partial charge in [0, 0.05) is 36.1 Å². The van der Waals surface area contributed by atoms with Gasteiger partial charge in [-0.15, -0.1) is 6.58 Å². The van der Waals surface area contributed by atoms with Crippen LogP contribution in [0.15, 0.2) is 12.7 Å². The molecule has 3 atom stereocenters.